The van der Waals surface area contributed by atoms with Gasteiger partial charge in [0.05, 0.1) is 15.6 Å². The van der Waals surface area contributed by atoms with Crippen molar-refractivity contribution in [3.63, 3.8) is 0 Å². The molecule has 0 aliphatic heterocycles. The standard InChI is InChI=1S/C14H8BrClN4O2/c15-10-3-1-9(2-4-10)14-17-8-18-19(14)13-7-11(20(21)22)5-6-12(13)16/h1-8H. The Hall–Kier alpha value is -2.25. The fourth-order valence-electron chi connectivity index (χ4n) is 1.99. The van der Waals surface area contributed by atoms with E-state index >= 15 is 0 Å². The minimum atomic E-state index is -0.476. The molecule has 1 aromatic heterocycles. The van der Waals surface area contributed by atoms with Crippen LogP contribution < -0.4 is 0 Å². The van der Waals surface area contributed by atoms with Gasteiger partial charge < -0.3 is 0 Å². The molecule has 0 aliphatic carbocycles. The lowest BCUT2D eigenvalue weighted by molar-refractivity contribution is -0.384. The van der Waals surface area contributed by atoms with E-state index in [9.17, 15) is 10.1 Å². The Labute approximate surface area is 138 Å². The van der Waals surface area contributed by atoms with Crippen molar-refractivity contribution in [3.8, 4) is 17.1 Å². The van der Waals surface area contributed by atoms with Gasteiger partial charge in [0, 0.05) is 22.2 Å². The first-order valence-corrected chi connectivity index (χ1v) is 7.33. The molecule has 0 saturated heterocycles. The Morgan fingerprint density at radius 2 is 1.91 bits per heavy atom. The van der Waals surface area contributed by atoms with Gasteiger partial charge in [-0.15, -0.1) is 0 Å². The van der Waals surface area contributed by atoms with Crippen molar-refractivity contribution >= 4 is 33.2 Å². The van der Waals surface area contributed by atoms with Crippen molar-refractivity contribution in [2.75, 3.05) is 0 Å². The first-order valence-electron chi connectivity index (χ1n) is 6.16. The minimum absolute atomic E-state index is 0.0587. The molecule has 0 radical (unpaired) electrons. The maximum absolute atomic E-state index is 10.9. The summed E-state index contributed by atoms with van der Waals surface area (Å²) in [7, 11) is 0. The Bertz CT molecular complexity index is 848. The van der Waals surface area contributed by atoms with Gasteiger partial charge in [-0.3, -0.25) is 10.1 Å². The van der Waals surface area contributed by atoms with Crippen LogP contribution in [0.4, 0.5) is 5.69 Å². The average Bonchev–Trinajstić information content (AvgIpc) is 2.97. The predicted molar refractivity (Wildman–Crippen MR) is 86.2 cm³/mol. The van der Waals surface area contributed by atoms with Crippen molar-refractivity contribution in [1.29, 1.82) is 0 Å². The Kier molecular flexibility index (Phi) is 3.91. The monoisotopic (exact) mass is 378 g/mol. The first kappa shape index (κ1) is 14.7. The molecule has 0 amide bonds. The zero-order valence-electron chi connectivity index (χ0n) is 11.0. The van der Waals surface area contributed by atoms with Gasteiger partial charge in [0.1, 0.15) is 6.33 Å². The maximum atomic E-state index is 10.9. The van der Waals surface area contributed by atoms with E-state index in [-0.39, 0.29) is 5.69 Å². The molecule has 0 saturated carbocycles. The van der Waals surface area contributed by atoms with E-state index in [0.29, 0.717) is 16.5 Å². The second kappa shape index (κ2) is 5.86. The molecule has 1 heterocycles. The quantitative estimate of drug-likeness (QED) is 0.503. The third kappa shape index (κ3) is 2.72. The topological polar surface area (TPSA) is 73.8 Å². The molecule has 0 spiro atoms. The van der Waals surface area contributed by atoms with Crippen molar-refractivity contribution in [2.24, 2.45) is 0 Å². The van der Waals surface area contributed by atoms with Crippen LogP contribution in [0.5, 0.6) is 0 Å². The molecular weight excluding hydrogens is 372 g/mol. The summed E-state index contributed by atoms with van der Waals surface area (Å²) in [6.07, 6.45) is 1.38. The Morgan fingerprint density at radius 3 is 2.59 bits per heavy atom. The van der Waals surface area contributed by atoms with Crippen LogP contribution in [-0.2, 0) is 0 Å². The highest BCUT2D eigenvalue weighted by molar-refractivity contribution is 9.10. The molecular formula is C14H8BrClN4O2. The molecule has 0 atom stereocenters. The molecule has 22 heavy (non-hydrogen) atoms. The van der Waals surface area contributed by atoms with Crippen LogP contribution in [0, 0.1) is 10.1 Å². The maximum Gasteiger partial charge on any atom is 0.271 e. The second-order valence-corrected chi connectivity index (χ2v) is 5.72. The molecule has 0 bridgehead atoms. The van der Waals surface area contributed by atoms with E-state index in [1.54, 1.807) is 0 Å². The summed E-state index contributed by atoms with van der Waals surface area (Å²) in [4.78, 5) is 14.7. The van der Waals surface area contributed by atoms with Gasteiger partial charge in [-0.05, 0) is 18.2 Å². The average molecular weight is 380 g/mol. The molecule has 0 aliphatic rings. The lowest BCUT2D eigenvalue weighted by atomic mass is 10.2. The number of nitro groups is 1. The van der Waals surface area contributed by atoms with Gasteiger partial charge in [0.25, 0.3) is 5.69 Å². The molecule has 3 rings (SSSR count). The van der Waals surface area contributed by atoms with E-state index in [4.69, 9.17) is 11.6 Å². The smallest absolute Gasteiger partial charge is 0.258 e. The van der Waals surface area contributed by atoms with Crippen LogP contribution in [0.3, 0.4) is 0 Å². The number of hydrogen-bond acceptors (Lipinski definition) is 4. The lowest BCUT2D eigenvalue weighted by Gasteiger charge is -2.08. The van der Waals surface area contributed by atoms with Gasteiger partial charge in [-0.1, -0.05) is 39.7 Å². The minimum Gasteiger partial charge on any atom is -0.258 e. The van der Waals surface area contributed by atoms with Gasteiger partial charge in [0.15, 0.2) is 5.82 Å². The van der Waals surface area contributed by atoms with Crippen LogP contribution in [0.15, 0.2) is 53.3 Å². The van der Waals surface area contributed by atoms with Crippen LogP contribution in [0.25, 0.3) is 17.1 Å². The number of benzene rings is 2. The summed E-state index contributed by atoms with van der Waals surface area (Å²) in [5, 5.41) is 15.4. The number of rotatable bonds is 3. The zero-order valence-corrected chi connectivity index (χ0v) is 13.3. The van der Waals surface area contributed by atoms with Gasteiger partial charge in [-0.2, -0.15) is 5.10 Å². The van der Waals surface area contributed by atoms with E-state index in [1.165, 1.54) is 29.2 Å². The molecule has 110 valence electrons. The highest BCUT2D eigenvalue weighted by atomic mass is 79.9. The number of halogens is 2. The number of nitrogens with zero attached hydrogens (tertiary/aromatic N) is 4. The summed E-state index contributed by atoms with van der Waals surface area (Å²) in [5.74, 6) is 0.551. The van der Waals surface area contributed by atoms with Crippen molar-refractivity contribution in [1.82, 2.24) is 14.8 Å². The molecule has 6 nitrogen and oxygen atoms in total. The predicted octanol–water partition coefficient (Wildman–Crippen LogP) is 4.26. The molecule has 8 heteroatoms. The normalized spacial score (nSPS) is 10.6. The Balaban J connectivity index is 2.14. The van der Waals surface area contributed by atoms with E-state index < -0.39 is 4.92 Å². The van der Waals surface area contributed by atoms with Crippen LogP contribution >= 0.6 is 27.5 Å². The number of aromatic nitrogens is 3. The van der Waals surface area contributed by atoms with Crippen molar-refractivity contribution in [2.45, 2.75) is 0 Å². The van der Waals surface area contributed by atoms with Gasteiger partial charge >= 0.3 is 0 Å². The van der Waals surface area contributed by atoms with E-state index in [2.05, 4.69) is 26.0 Å². The summed E-state index contributed by atoms with van der Waals surface area (Å²) < 4.78 is 2.43. The third-order valence-electron chi connectivity index (χ3n) is 3.02. The largest absolute Gasteiger partial charge is 0.271 e. The second-order valence-electron chi connectivity index (χ2n) is 4.40. The highest BCUT2D eigenvalue weighted by Crippen LogP contribution is 2.29. The summed E-state index contributed by atoms with van der Waals surface area (Å²) in [5.41, 5.74) is 1.17. The zero-order chi connectivity index (χ0) is 15.7. The van der Waals surface area contributed by atoms with E-state index in [0.717, 1.165) is 10.0 Å². The van der Waals surface area contributed by atoms with Gasteiger partial charge in [0.2, 0.25) is 0 Å². The lowest BCUT2D eigenvalue weighted by Crippen LogP contribution is -2.01. The fourth-order valence-corrected chi connectivity index (χ4v) is 2.45. The fraction of sp³-hybridized carbons (Fsp3) is 0. The van der Waals surface area contributed by atoms with E-state index in [1.807, 2.05) is 24.3 Å². The van der Waals surface area contributed by atoms with Crippen LogP contribution in [0.1, 0.15) is 0 Å². The number of non-ortho nitro benzene ring substituents is 1. The summed E-state index contributed by atoms with van der Waals surface area (Å²) in [6, 6.07) is 11.7. The molecule has 3 aromatic rings. The number of nitro benzene ring substituents is 1. The first-order chi connectivity index (χ1) is 10.6. The highest BCUT2D eigenvalue weighted by Gasteiger charge is 2.16. The van der Waals surface area contributed by atoms with Crippen LogP contribution in [-0.4, -0.2) is 19.7 Å². The number of hydrogen-bond donors (Lipinski definition) is 0. The van der Waals surface area contributed by atoms with Crippen LogP contribution in [0.2, 0.25) is 5.02 Å². The summed E-state index contributed by atoms with van der Waals surface area (Å²) in [6.45, 7) is 0. The molecule has 0 unspecified atom stereocenters. The molecule has 2 aromatic carbocycles. The van der Waals surface area contributed by atoms with Gasteiger partial charge in [-0.25, -0.2) is 9.67 Å². The SMILES string of the molecule is O=[N+]([O-])c1ccc(Cl)c(-n2ncnc2-c2ccc(Br)cc2)c1. The van der Waals surface area contributed by atoms with Crippen molar-refractivity contribution in [3.05, 3.63) is 68.4 Å². The molecule has 0 fully saturated rings. The molecule has 0 N–H and O–H groups in total. The Morgan fingerprint density at radius 1 is 1.18 bits per heavy atom. The summed E-state index contributed by atoms with van der Waals surface area (Å²) >= 11 is 9.53. The van der Waals surface area contributed by atoms with Crippen molar-refractivity contribution < 1.29 is 4.92 Å². The third-order valence-corrected chi connectivity index (χ3v) is 3.87.